The molecule has 20 heavy (non-hydrogen) atoms. The van der Waals surface area contributed by atoms with Gasteiger partial charge in [0.1, 0.15) is 0 Å². The van der Waals surface area contributed by atoms with E-state index in [2.05, 4.69) is 20.7 Å². The minimum absolute atomic E-state index is 0.112. The smallest absolute Gasteiger partial charge is 0.224 e. The van der Waals surface area contributed by atoms with Gasteiger partial charge in [-0.05, 0) is 27.7 Å². The normalized spacial score (nSPS) is 14.2. The molecule has 0 unspecified atom stereocenters. The lowest BCUT2D eigenvalue weighted by Gasteiger charge is -2.16. The molecule has 0 bridgehead atoms. The van der Waals surface area contributed by atoms with Crippen LogP contribution in [0, 0.1) is 0 Å². The van der Waals surface area contributed by atoms with E-state index in [-0.39, 0.29) is 4.92 Å². The van der Waals surface area contributed by atoms with Crippen molar-refractivity contribution in [3.8, 4) is 0 Å². The highest BCUT2D eigenvalue weighted by Crippen LogP contribution is 2.21. The largest absolute Gasteiger partial charge is 0.318 e. The molecule has 0 aliphatic carbocycles. The minimum atomic E-state index is -4.11. The standard InChI is InChI=1S/C8H18N6O4S2/c1-6(2)19(15,16)8(20(17,18)7(3)4)11-13-14(9)12-10-5/h6-8H,1-5H3. The molecule has 10 nitrogen and oxygen atoms in total. The van der Waals surface area contributed by atoms with Gasteiger partial charge < -0.3 is 0 Å². The number of hydrogen-bond donors (Lipinski definition) is 0. The van der Waals surface area contributed by atoms with Crippen molar-refractivity contribution >= 4 is 19.7 Å². The summed E-state index contributed by atoms with van der Waals surface area (Å²) in [4.78, 5) is -0.112. The van der Waals surface area contributed by atoms with Crippen molar-refractivity contribution < 1.29 is 21.8 Å². The highest BCUT2D eigenvalue weighted by atomic mass is 32.3. The quantitative estimate of drug-likeness (QED) is 0.394. The number of nitrogens with zero attached hydrogens (tertiary/aromatic N) is 6. The molecule has 0 rings (SSSR count). The first-order chi connectivity index (χ1) is 8.97. The van der Waals surface area contributed by atoms with Crippen molar-refractivity contribution in [1.29, 1.82) is 0 Å². The monoisotopic (exact) mass is 326 g/mol. The van der Waals surface area contributed by atoms with Gasteiger partial charge in [-0.3, -0.25) is 0 Å². The predicted molar refractivity (Wildman–Crippen MR) is 71.2 cm³/mol. The van der Waals surface area contributed by atoms with Gasteiger partial charge in [0.25, 0.3) is 0 Å². The van der Waals surface area contributed by atoms with Gasteiger partial charge in [0, 0.05) is 0 Å². The van der Waals surface area contributed by atoms with Gasteiger partial charge in [-0.15, -0.1) is 10.0 Å². The zero-order valence-corrected chi connectivity index (χ0v) is 13.5. The molecule has 0 aliphatic heterocycles. The summed E-state index contributed by atoms with van der Waals surface area (Å²) in [6.07, 6.45) is 0. The molecule has 0 atom stereocenters. The molecule has 12 heteroatoms. The molecule has 0 aliphatic rings. The first-order valence-electron chi connectivity index (χ1n) is 5.62. The Morgan fingerprint density at radius 3 is 1.60 bits per heavy atom. The van der Waals surface area contributed by atoms with Gasteiger partial charge in [-0.25, -0.2) is 16.8 Å². The van der Waals surface area contributed by atoms with E-state index in [0.29, 0.717) is 0 Å². The maximum Gasteiger partial charge on any atom is 0.318 e. The van der Waals surface area contributed by atoms with Crippen molar-refractivity contribution in [2.75, 3.05) is 7.05 Å². The van der Waals surface area contributed by atoms with Crippen LogP contribution in [0.4, 0.5) is 0 Å². The molecule has 0 saturated carbocycles. The van der Waals surface area contributed by atoms with Crippen LogP contribution in [0.3, 0.4) is 0 Å². The Morgan fingerprint density at radius 2 is 1.30 bits per heavy atom. The Labute approximate surface area is 118 Å². The third kappa shape index (κ3) is 4.37. The molecule has 0 aromatic rings. The van der Waals surface area contributed by atoms with Crippen LogP contribution in [0.2, 0.25) is 0 Å². The number of hydrogen-bond acceptors (Lipinski definition) is 6. The first kappa shape index (κ1) is 18.7. The van der Waals surface area contributed by atoms with Crippen LogP contribution in [0.15, 0.2) is 20.7 Å². The SMILES string of the molecule is CN=N[N+](=[N-])N=NC(S(=O)(=O)C(C)C)S(=O)(=O)C(C)C. The molecular weight excluding hydrogens is 308 g/mol. The summed E-state index contributed by atoms with van der Waals surface area (Å²) in [6.45, 7) is 5.32. The van der Waals surface area contributed by atoms with E-state index in [1.54, 1.807) is 0 Å². The van der Waals surface area contributed by atoms with Crippen LogP contribution in [-0.2, 0) is 19.7 Å². The van der Waals surface area contributed by atoms with Gasteiger partial charge in [-0.1, -0.05) is 15.6 Å². The van der Waals surface area contributed by atoms with Crippen LogP contribution in [0.25, 0.3) is 5.53 Å². The fraction of sp³-hybridized carbons (Fsp3) is 1.00. The van der Waals surface area contributed by atoms with Crippen LogP contribution < -0.4 is 0 Å². The third-order valence-corrected chi connectivity index (χ3v) is 7.82. The molecule has 0 N–H and O–H groups in total. The lowest BCUT2D eigenvalue weighted by atomic mass is 10.6. The Balaban J connectivity index is 5.84. The van der Waals surface area contributed by atoms with Gasteiger partial charge in [0.15, 0.2) is 0 Å². The fourth-order valence-electron chi connectivity index (χ4n) is 0.970. The zero-order chi connectivity index (χ0) is 16.1. The molecule has 0 amide bonds. The molecule has 0 aromatic carbocycles. The van der Waals surface area contributed by atoms with Gasteiger partial charge >= 0.3 is 4.71 Å². The predicted octanol–water partition coefficient (Wildman–Crippen LogP) is 1.31. The maximum atomic E-state index is 12.1. The number of rotatable bonds is 7. The molecule has 0 fully saturated rings. The van der Waals surface area contributed by atoms with E-state index in [1.807, 2.05) is 0 Å². The molecule has 0 heterocycles. The van der Waals surface area contributed by atoms with Crippen LogP contribution in [0.1, 0.15) is 27.7 Å². The second-order valence-corrected chi connectivity index (χ2v) is 9.78. The van der Waals surface area contributed by atoms with E-state index >= 15 is 0 Å². The van der Waals surface area contributed by atoms with Crippen molar-refractivity contribution in [3.05, 3.63) is 5.53 Å². The molecule has 116 valence electrons. The third-order valence-electron chi connectivity index (χ3n) is 2.27. The lowest BCUT2D eigenvalue weighted by Crippen LogP contribution is -2.37. The Morgan fingerprint density at radius 1 is 0.900 bits per heavy atom. The maximum absolute atomic E-state index is 12.1. The summed E-state index contributed by atoms with van der Waals surface area (Å²) in [7, 11) is -6.99. The average molecular weight is 326 g/mol. The summed E-state index contributed by atoms with van der Waals surface area (Å²) in [5.74, 6) is 0. The summed E-state index contributed by atoms with van der Waals surface area (Å²) in [6, 6.07) is 0. The molecule has 0 radical (unpaired) electrons. The van der Waals surface area contributed by atoms with Crippen LogP contribution >= 0.6 is 0 Å². The Kier molecular flexibility index (Phi) is 6.47. The Bertz CT molecular complexity index is 567. The molecule has 0 saturated heterocycles. The second-order valence-electron chi connectivity index (χ2n) is 4.35. The average Bonchev–Trinajstić information content (AvgIpc) is 2.28. The van der Waals surface area contributed by atoms with Crippen molar-refractivity contribution in [2.45, 2.75) is 42.9 Å². The van der Waals surface area contributed by atoms with Crippen molar-refractivity contribution in [3.63, 3.8) is 0 Å². The van der Waals surface area contributed by atoms with Crippen molar-refractivity contribution in [2.24, 2.45) is 20.7 Å². The van der Waals surface area contributed by atoms with E-state index < -0.39 is 34.9 Å². The van der Waals surface area contributed by atoms with Crippen LogP contribution in [-0.4, -0.2) is 44.0 Å². The first-order valence-corrected chi connectivity index (χ1v) is 8.84. The highest BCUT2D eigenvalue weighted by molar-refractivity contribution is 8.09. The summed E-state index contributed by atoms with van der Waals surface area (Å²) >= 11 is 0. The van der Waals surface area contributed by atoms with E-state index in [4.69, 9.17) is 5.53 Å². The fourth-order valence-corrected chi connectivity index (χ4v) is 5.08. The van der Waals surface area contributed by atoms with E-state index in [9.17, 15) is 16.8 Å². The topological polar surface area (TPSA) is 143 Å². The van der Waals surface area contributed by atoms with Crippen LogP contribution in [0.5, 0.6) is 0 Å². The van der Waals surface area contributed by atoms with Crippen molar-refractivity contribution in [1.82, 2.24) is 0 Å². The summed E-state index contributed by atoms with van der Waals surface area (Å²) < 4.78 is 46.2. The summed E-state index contributed by atoms with van der Waals surface area (Å²) in [5, 5.41) is 10.4. The highest BCUT2D eigenvalue weighted by Gasteiger charge is 2.43. The number of sulfone groups is 2. The zero-order valence-electron chi connectivity index (χ0n) is 11.9. The van der Waals surface area contributed by atoms with E-state index in [1.165, 1.54) is 34.7 Å². The lowest BCUT2D eigenvalue weighted by molar-refractivity contribution is -0.576. The minimum Gasteiger partial charge on any atom is -0.224 e. The molecule has 0 spiro atoms. The van der Waals surface area contributed by atoms with Gasteiger partial charge in [0.2, 0.25) is 19.7 Å². The molecular formula is C8H18N6O4S2. The Hall–Kier alpha value is -1.30. The summed E-state index contributed by atoms with van der Waals surface area (Å²) in [5.41, 5.74) is 9.03. The van der Waals surface area contributed by atoms with Gasteiger partial charge in [-0.2, -0.15) is 5.53 Å². The molecule has 0 aromatic heterocycles. The van der Waals surface area contributed by atoms with Gasteiger partial charge in [0.05, 0.1) is 17.5 Å². The van der Waals surface area contributed by atoms with E-state index in [0.717, 1.165) is 0 Å². The second kappa shape index (κ2) is 6.92.